The third-order valence-electron chi connectivity index (χ3n) is 14.9. The Morgan fingerprint density at radius 3 is 1.33 bits per heavy atom. The molecule has 2 aliphatic carbocycles. The lowest BCUT2D eigenvalue weighted by Gasteiger charge is -2.37. The van der Waals surface area contributed by atoms with E-state index in [0.29, 0.717) is 73.8 Å². The molecule has 67 heavy (non-hydrogen) atoms. The van der Waals surface area contributed by atoms with Gasteiger partial charge in [0.1, 0.15) is 11.5 Å². The number of rotatable bonds is 6. The predicted molar refractivity (Wildman–Crippen MR) is 264 cm³/mol. The van der Waals surface area contributed by atoms with Crippen LogP contribution >= 0.6 is 0 Å². The van der Waals surface area contributed by atoms with Crippen molar-refractivity contribution in [2.45, 2.75) is 131 Å². The minimum Gasteiger partial charge on any atom is -0.508 e. The molecule has 0 aromatic heterocycles. The van der Waals surface area contributed by atoms with Gasteiger partial charge in [-0.25, -0.2) is 0 Å². The van der Waals surface area contributed by atoms with Crippen LogP contribution in [0.3, 0.4) is 0 Å². The highest BCUT2D eigenvalue weighted by atomic mass is 16.5. The van der Waals surface area contributed by atoms with Crippen molar-refractivity contribution in [3.8, 4) is 11.5 Å². The van der Waals surface area contributed by atoms with Gasteiger partial charge in [-0.05, 0) is 170 Å². The number of aliphatic hydroxyl groups excluding tert-OH is 1. The second-order valence-corrected chi connectivity index (χ2v) is 21.5. The Balaban J connectivity index is 0.000000188. The number of phenolic OH excluding ortho intramolecular Hbond substituents is 1. The summed E-state index contributed by atoms with van der Waals surface area (Å²) in [6.45, 7) is 16.2. The maximum absolute atomic E-state index is 13.0. The van der Waals surface area contributed by atoms with E-state index in [4.69, 9.17) is 14.2 Å². The van der Waals surface area contributed by atoms with Crippen molar-refractivity contribution >= 4 is 45.3 Å². The molecule has 0 bridgehead atoms. The van der Waals surface area contributed by atoms with Crippen molar-refractivity contribution in [2.75, 3.05) is 40.4 Å². The Morgan fingerprint density at radius 1 is 0.507 bits per heavy atom. The summed E-state index contributed by atoms with van der Waals surface area (Å²) in [5, 5.41) is 22.7. The number of piperidine rings is 2. The maximum atomic E-state index is 13.0. The number of hydrogen-bond donors (Lipinski definition) is 2. The van der Waals surface area contributed by atoms with Gasteiger partial charge in [-0.2, -0.15) is 0 Å². The molecule has 4 fully saturated rings. The molecule has 4 aromatic rings. The molecular weight excluding hydrogens is 845 g/mol. The monoisotopic (exact) mass is 921 g/mol. The standard InChI is InChI=1S/C28H37NO4.C18H19NO4.C10H20O/c1-28(2,3)23-8-11-24(12-9-23)33-25-10-7-20-17-22(6-5-21(20)18-25)26(30)29-15-13-19(14-16-29)27(31)32-4;1-23-18(22)12-6-8-19(9-7-12)17(21)15-3-2-14-11-16(20)5-4-13(14)10-15;1-10(2,3)8-4-6-9(11)7-5-8/h5-7,10,17-19,23-24H,8-9,11-16H2,1-4H3;2-5,10-12,20H,6-9H2,1H3;8-9,11H,4-7H2,1-3H3. The summed E-state index contributed by atoms with van der Waals surface area (Å²) >= 11 is 0. The van der Waals surface area contributed by atoms with Gasteiger partial charge in [-0.1, -0.05) is 65.8 Å². The SMILES string of the molecule is CC(C)(C)C1CCC(O)CC1.COC(=O)C1CCN(C(=O)c2ccc3cc(O)ccc3c2)CC1.COC(=O)C1CCN(C(=O)c2ccc3cc(OC4CCC(C(C)(C)C)CC4)ccc3c2)CC1. The molecule has 11 heteroatoms. The number of ether oxygens (including phenoxy) is 3. The number of carbonyl (C=O) groups excluding carboxylic acids is 4. The highest BCUT2D eigenvalue weighted by molar-refractivity contribution is 6.00. The first kappa shape index (κ1) is 51.2. The zero-order chi connectivity index (χ0) is 48.5. The van der Waals surface area contributed by atoms with E-state index in [1.165, 1.54) is 39.9 Å². The molecule has 2 N–H and O–H groups in total. The van der Waals surface area contributed by atoms with Gasteiger partial charge < -0.3 is 34.2 Å². The van der Waals surface area contributed by atoms with E-state index in [9.17, 15) is 29.4 Å². The Hall–Kier alpha value is -5.16. The summed E-state index contributed by atoms with van der Waals surface area (Å²) in [6, 6.07) is 22.5. The smallest absolute Gasteiger partial charge is 0.308 e. The summed E-state index contributed by atoms with van der Waals surface area (Å²) in [5.74, 6) is 2.14. The molecule has 2 saturated carbocycles. The van der Waals surface area contributed by atoms with E-state index in [2.05, 4.69) is 47.6 Å². The first-order valence-corrected chi connectivity index (χ1v) is 24.7. The number of methoxy groups -OCH3 is 2. The van der Waals surface area contributed by atoms with Gasteiger partial charge in [0.25, 0.3) is 11.8 Å². The Kier molecular flexibility index (Phi) is 17.4. The molecule has 4 aliphatic rings. The van der Waals surface area contributed by atoms with Crippen LogP contribution in [0.2, 0.25) is 0 Å². The second-order valence-electron chi connectivity index (χ2n) is 21.5. The van der Waals surface area contributed by atoms with Gasteiger partial charge in [-0.15, -0.1) is 0 Å². The van der Waals surface area contributed by atoms with Crippen LogP contribution in [0.1, 0.15) is 139 Å². The van der Waals surface area contributed by atoms with Crippen LogP contribution in [-0.2, 0) is 19.1 Å². The van der Waals surface area contributed by atoms with Crippen molar-refractivity contribution in [1.82, 2.24) is 9.80 Å². The van der Waals surface area contributed by atoms with Crippen LogP contribution in [0, 0.1) is 34.5 Å². The number of esters is 2. The first-order valence-electron chi connectivity index (χ1n) is 24.7. The number of aromatic hydroxyl groups is 1. The zero-order valence-electron chi connectivity index (χ0n) is 41.4. The van der Waals surface area contributed by atoms with Gasteiger partial charge in [0.2, 0.25) is 0 Å². The van der Waals surface area contributed by atoms with E-state index < -0.39 is 0 Å². The Morgan fingerprint density at radius 2 is 0.896 bits per heavy atom. The molecule has 0 unspecified atom stereocenters. The van der Waals surface area contributed by atoms with Crippen molar-refractivity contribution in [3.05, 3.63) is 83.9 Å². The average molecular weight is 921 g/mol. The molecule has 2 aliphatic heterocycles. The summed E-state index contributed by atoms with van der Waals surface area (Å²) in [6.07, 6.45) is 12.0. The average Bonchev–Trinajstić information content (AvgIpc) is 3.33. The quantitative estimate of drug-likeness (QED) is 0.181. The van der Waals surface area contributed by atoms with Crippen LogP contribution in [0.15, 0.2) is 72.8 Å². The lowest BCUT2D eigenvalue weighted by molar-refractivity contribution is -0.147. The topological polar surface area (TPSA) is 143 Å². The lowest BCUT2D eigenvalue weighted by atomic mass is 9.72. The molecule has 0 spiro atoms. The largest absolute Gasteiger partial charge is 0.508 e. The highest BCUT2D eigenvalue weighted by Gasteiger charge is 2.32. The fraction of sp³-hybridized carbons (Fsp3) is 0.571. The zero-order valence-corrected chi connectivity index (χ0v) is 41.4. The number of hydrogen-bond acceptors (Lipinski definition) is 9. The van der Waals surface area contributed by atoms with Crippen LogP contribution < -0.4 is 4.74 Å². The van der Waals surface area contributed by atoms with Crippen molar-refractivity contribution in [3.63, 3.8) is 0 Å². The third kappa shape index (κ3) is 14.0. The van der Waals surface area contributed by atoms with Crippen molar-refractivity contribution < 1.29 is 43.6 Å². The molecule has 2 amide bonds. The van der Waals surface area contributed by atoms with E-state index in [1.807, 2.05) is 47.4 Å². The van der Waals surface area contributed by atoms with Crippen LogP contribution in [0.5, 0.6) is 11.5 Å². The number of benzene rings is 4. The number of nitrogens with zero attached hydrogens (tertiary/aromatic N) is 2. The van der Waals surface area contributed by atoms with Gasteiger partial charge in [0.05, 0.1) is 38.3 Å². The Labute approximate surface area is 398 Å². The van der Waals surface area contributed by atoms with E-state index in [1.54, 1.807) is 29.2 Å². The van der Waals surface area contributed by atoms with Crippen LogP contribution in [0.4, 0.5) is 0 Å². The first-order chi connectivity index (χ1) is 31.8. The van der Waals surface area contributed by atoms with Gasteiger partial charge >= 0.3 is 11.9 Å². The third-order valence-corrected chi connectivity index (χ3v) is 14.9. The predicted octanol–water partition coefficient (Wildman–Crippen LogP) is 11.0. The minimum absolute atomic E-state index is 0.00593. The Bertz CT molecular complexity index is 2300. The molecule has 364 valence electrons. The lowest BCUT2D eigenvalue weighted by Crippen LogP contribution is -2.40. The fourth-order valence-electron chi connectivity index (χ4n) is 10.3. The van der Waals surface area contributed by atoms with Gasteiger partial charge in [0.15, 0.2) is 0 Å². The summed E-state index contributed by atoms with van der Waals surface area (Å²) in [5.41, 5.74) is 2.13. The molecule has 2 heterocycles. The number of amides is 2. The molecular formula is C56H76N2O9. The molecule has 8 rings (SSSR count). The van der Waals surface area contributed by atoms with E-state index in [0.717, 1.165) is 64.8 Å². The maximum Gasteiger partial charge on any atom is 0.308 e. The van der Waals surface area contributed by atoms with Crippen LogP contribution in [-0.4, -0.2) is 96.4 Å². The fourth-order valence-corrected chi connectivity index (χ4v) is 10.3. The number of likely N-dealkylation sites (tertiary alicyclic amines) is 2. The highest BCUT2D eigenvalue weighted by Crippen LogP contribution is 2.40. The van der Waals surface area contributed by atoms with E-state index in [-0.39, 0.29) is 53.5 Å². The minimum atomic E-state index is -0.192. The molecule has 4 aromatic carbocycles. The summed E-state index contributed by atoms with van der Waals surface area (Å²) < 4.78 is 15.9. The molecule has 0 atom stereocenters. The molecule has 2 saturated heterocycles. The molecule has 0 radical (unpaired) electrons. The van der Waals surface area contributed by atoms with Gasteiger partial charge in [-0.3, -0.25) is 19.2 Å². The summed E-state index contributed by atoms with van der Waals surface area (Å²) in [4.78, 5) is 52.5. The van der Waals surface area contributed by atoms with Gasteiger partial charge in [0, 0.05) is 37.3 Å². The number of aliphatic hydroxyl groups is 1. The number of fused-ring (bicyclic) bond motifs is 2. The normalized spacial score (nSPS) is 21.9. The van der Waals surface area contributed by atoms with Crippen molar-refractivity contribution in [2.24, 2.45) is 34.5 Å². The van der Waals surface area contributed by atoms with Crippen molar-refractivity contribution in [1.29, 1.82) is 0 Å². The second kappa shape index (κ2) is 22.8. The number of carbonyl (C=O) groups is 4. The summed E-state index contributed by atoms with van der Waals surface area (Å²) in [7, 11) is 2.82. The molecule has 11 nitrogen and oxygen atoms in total. The van der Waals surface area contributed by atoms with E-state index >= 15 is 0 Å². The number of phenols is 1. The van der Waals surface area contributed by atoms with Crippen LogP contribution in [0.25, 0.3) is 21.5 Å².